The molecule has 1 aromatic carbocycles. The Morgan fingerprint density at radius 3 is 2.58 bits per heavy atom. The van der Waals surface area contributed by atoms with Crippen molar-refractivity contribution in [3.05, 3.63) is 48.4 Å². The van der Waals surface area contributed by atoms with Gasteiger partial charge in [0.25, 0.3) is 0 Å². The van der Waals surface area contributed by atoms with E-state index in [9.17, 15) is 4.79 Å². The number of aromatic carboxylic acids is 1. The highest BCUT2D eigenvalue weighted by atomic mass is 16.5. The SMILES string of the molecule is O=C(O)c1ccc(N[C@H]2CC[C@@H](Oc3cc(N4CCOCC4)cc4nccnc34)CC2)nc1. The molecule has 2 N–H and O–H groups in total. The number of hydrogen-bond donors (Lipinski definition) is 2. The number of pyridine rings is 1. The second-order valence-electron chi connectivity index (χ2n) is 8.44. The molecule has 0 radical (unpaired) electrons. The van der Waals surface area contributed by atoms with E-state index in [0.717, 1.165) is 74.5 Å². The molecule has 3 aromatic rings. The van der Waals surface area contributed by atoms with Gasteiger partial charge >= 0.3 is 5.97 Å². The Hall–Kier alpha value is -3.46. The van der Waals surface area contributed by atoms with Crippen LogP contribution in [0.3, 0.4) is 0 Å². The number of carboxylic acids is 1. The van der Waals surface area contributed by atoms with Gasteiger partial charge in [-0.15, -0.1) is 0 Å². The zero-order valence-electron chi connectivity index (χ0n) is 18.3. The molecular formula is C24H27N5O4. The van der Waals surface area contributed by atoms with Crippen molar-refractivity contribution in [3.63, 3.8) is 0 Å². The predicted octanol–water partition coefficient (Wildman–Crippen LogP) is 3.36. The lowest BCUT2D eigenvalue weighted by atomic mass is 9.93. The average molecular weight is 450 g/mol. The fraction of sp³-hybridized carbons (Fsp3) is 0.417. The molecule has 1 saturated heterocycles. The van der Waals surface area contributed by atoms with Gasteiger partial charge in [0.15, 0.2) is 0 Å². The van der Waals surface area contributed by atoms with Crippen molar-refractivity contribution >= 4 is 28.5 Å². The topological polar surface area (TPSA) is 110 Å². The van der Waals surface area contributed by atoms with Crippen LogP contribution in [-0.4, -0.2) is 64.5 Å². The Bertz CT molecular complexity index is 1110. The number of rotatable bonds is 6. The molecule has 9 nitrogen and oxygen atoms in total. The van der Waals surface area contributed by atoms with Crippen LogP contribution in [0.5, 0.6) is 5.75 Å². The van der Waals surface area contributed by atoms with Gasteiger partial charge in [0.1, 0.15) is 17.1 Å². The standard InChI is InChI=1S/C24H27N5O4/c30-24(31)16-1-6-22(27-15-16)28-17-2-4-19(5-3-17)33-21-14-18(29-9-11-32-12-10-29)13-20-23(21)26-8-7-25-20/h1,6-8,13-15,17,19H,2-5,9-12H2,(H,27,28)(H,30,31)/t17-,19+. The van der Waals surface area contributed by atoms with Gasteiger partial charge in [0.2, 0.25) is 0 Å². The third-order valence-corrected chi connectivity index (χ3v) is 6.23. The first-order chi connectivity index (χ1) is 16.2. The third-order valence-electron chi connectivity index (χ3n) is 6.23. The molecule has 1 aliphatic carbocycles. The summed E-state index contributed by atoms with van der Waals surface area (Å²) < 4.78 is 12.0. The summed E-state index contributed by atoms with van der Waals surface area (Å²) in [4.78, 5) is 26.5. The zero-order chi connectivity index (χ0) is 22.6. The highest BCUT2D eigenvalue weighted by Gasteiger charge is 2.24. The maximum absolute atomic E-state index is 11.0. The van der Waals surface area contributed by atoms with Gasteiger partial charge in [-0.2, -0.15) is 0 Å². The molecule has 5 rings (SSSR count). The molecule has 0 atom stereocenters. The highest BCUT2D eigenvalue weighted by molar-refractivity contribution is 5.87. The maximum atomic E-state index is 11.0. The van der Waals surface area contributed by atoms with Crippen molar-refractivity contribution in [2.75, 3.05) is 36.5 Å². The van der Waals surface area contributed by atoms with Gasteiger partial charge in [0.05, 0.1) is 30.4 Å². The lowest BCUT2D eigenvalue weighted by Gasteiger charge is -2.31. The summed E-state index contributed by atoms with van der Waals surface area (Å²) in [7, 11) is 0. The van der Waals surface area contributed by atoms with Crippen molar-refractivity contribution in [2.24, 2.45) is 0 Å². The van der Waals surface area contributed by atoms with E-state index in [0.29, 0.717) is 5.82 Å². The fourth-order valence-corrected chi connectivity index (χ4v) is 4.44. The number of carbonyl (C=O) groups is 1. The molecule has 2 aromatic heterocycles. The Kier molecular flexibility index (Phi) is 6.21. The van der Waals surface area contributed by atoms with Gasteiger partial charge in [0, 0.05) is 49.5 Å². The normalized spacial score (nSPS) is 21.0. The molecule has 2 fully saturated rings. The monoisotopic (exact) mass is 449 g/mol. The number of benzene rings is 1. The Morgan fingerprint density at radius 1 is 1.06 bits per heavy atom. The van der Waals surface area contributed by atoms with Crippen LogP contribution in [0, 0.1) is 0 Å². The first-order valence-corrected chi connectivity index (χ1v) is 11.4. The zero-order valence-corrected chi connectivity index (χ0v) is 18.3. The summed E-state index contributed by atoms with van der Waals surface area (Å²) >= 11 is 0. The van der Waals surface area contributed by atoms with Gasteiger partial charge in [-0.1, -0.05) is 0 Å². The molecule has 3 heterocycles. The second kappa shape index (κ2) is 9.58. The van der Waals surface area contributed by atoms with Crippen LogP contribution in [0.25, 0.3) is 11.0 Å². The van der Waals surface area contributed by atoms with Crippen LogP contribution in [0.1, 0.15) is 36.0 Å². The predicted molar refractivity (Wildman–Crippen MR) is 124 cm³/mol. The number of nitrogens with zero attached hydrogens (tertiary/aromatic N) is 4. The largest absolute Gasteiger partial charge is 0.488 e. The number of ether oxygens (including phenoxy) is 2. The third kappa shape index (κ3) is 4.98. The van der Waals surface area contributed by atoms with E-state index in [1.807, 2.05) is 0 Å². The molecule has 0 amide bonds. The number of anilines is 2. The van der Waals surface area contributed by atoms with Crippen LogP contribution >= 0.6 is 0 Å². The van der Waals surface area contributed by atoms with Crippen molar-refractivity contribution in [1.82, 2.24) is 15.0 Å². The van der Waals surface area contributed by atoms with Crippen LogP contribution in [-0.2, 0) is 4.74 Å². The molecule has 0 unspecified atom stereocenters. The van der Waals surface area contributed by atoms with Crippen LogP contribution in [0.4, 0.5) is 11.5 Å². The summed E-state index contributed by atoms with van der Waals surface area (Å²) in [5.74, 6) is 0.509. The minimum atomic E-state index is -0.971. The summed E-state index contributed by atoms with van der Waals surface area (Å²) in [6.45, 7) is 3.14. The lowest BCUT2D eigenvalue weighted by Crippen LogP contribution is -2.36. The number of nitrogens with one attached hydrogen (secondary N) is 1. The smallest absolute Gasteiger partial charge is 0.337 e. The van der Waals surface area contributed by atoms with Gasteiger partial charge < -0.3 is 24.8 Å². The average Bonchev–Trinajstić information content (AvgIpc) is 2.86. The van der Waals surface area contributed by atoms with E-state index >= 15 is 0 Å². The van der Waals surface area contributed by atoms with E-state index in [1.54, 1.807) is 24.5 Å². The lowest BCUT2D eigenvalue weighted by molar-refractivity contribution is 0.0696. The molecule has 9 heteroatoms. The van der Waals surface area contributed by atoms with E-state index in [4.69, 9.17) is 14.6 Å². The minimum absolute atomic E-state index is 0.107. The number of hydrogen-bond acceptors (Lipinski definition) is 8. The second-order valence-corrected chi connectivity index (χ2v) is 8.44. The molecule has 0 bridgehead atoms. The van der Waals surface area contributed by atoms with Gasteiger partial charge in [-0.05, 0) is 43.9 Å². The summed E-state index contributed by atoms with van der Waals surface area (Å²) in [6.07, 6.45) is 8.61. The van der Waals surface area contributed by atoms with Crippen LogP contribution in [0.15, 0.2) is 42.9 Å². The Balaban J connectivity index is 1.24. The van der Waals surface area contributed by atoms with E-state index in [1.165, 1.54) is 6.20 Å². The van der Waals surface area contributed by atoms with E-state index < -0.39 is 5.97 Å². The van der Waals surface area contributed by atoms with Crippen LogP contribution < -0.4 is 15.0 Å². The van der Waals surface area contributed by atoms with Crippen molar-refractivity contribution < 1.29 is 19.4 Å². The molecule has 2 aliphatic rings. The van der Waals surface area contributed by atoms with Crippen molar-refractivity contribution in [3.8, 4) is 5.75 Å². The molecule has 0 spiro atoms. The summed E-state index contributed by atoms with van der Waals surface area (Å²) in [6, 6.07) is 7.72. The van der Waals surface area contributed by atoms with E-state index in [-0.39, 0.29) is 17.7 Å². The molecule has 1 aliphatic heterocycles. The quantitative estimate of drug-likeness (QED) is 0.585. The summed E-state index contributed by atoms with van der Waals surface area (Å²) in [5, 5.41) is 12.4. The Morgan fingerprint density at radius 2 is 1.85 bits per heavy atom. The van der Waals surface area contributed by atoms with Crippen LogP contribution in [0.2, 0.25) is 0 Å². The first kappa shape index (κ1) is 21.4. The van der Waals surface area contributed by atoms with E-state index in [2.05, 4.69) is 37.3 Å². The van der Waals surface area contributed by atoms with Crippen molar-refractivity contribution in [1.29, 1.82) is 0 Å². The molecule has 1 saturated carbocycles. The maximum Gasteiger partial charge on any atom is 0.337 e. The number of morpholine rings is 1. The molecule has 33 heavy (non-hydrogen) atoms. The Labute approximate surface area is 191 Å². The fourth-order valence-electron chi connectivity index (χ4n) is 4.44. The molecule has 172 valence electrons. The number of aromatic nitrogens is 3. The number of carboxylic acid groups (broad SMARTS) is 1. The van der Waals surface area contributed by atoms with Crippen molar-refractivity contribution in [2.45, 2.75) is 37.8 Å². The minimum Gasteiger partial charge on any atom is -0.488 e. The first-order valence-electron chi connectivity index (χ1n) is 11.4. The number of fused-ring (bicyclic) bond motifs is 1. The van der Waals surface area contributed by atoms with Gasteiger partial charge in [-0.3, -0.25) is 4.98 Å². The highest BCUT2D eigenvalue weighted by Crippen LogP contribution is 2.33. The molecular weight excluding hydrogens is 422 g/mol. The van der Waals surface area contributed by atoms with Gasteiger partial charge in [-0.25, -0.2) is 14.8 Å². The summed E-state index contributed by atoms with van der Waals surface area (Å²) in [5.41, 5.74) is 2.90.